The molecule has 0 radical (unpaired) electrons. The normalized spacial score (nSPS) is 20.5. The van der Waals surface area contributed by atoms with Crippen LogP contribution in [0.2, 0.25) is 0 Å². The third kappa shape index (κ3) is 4.03. The maximum Gasteiger partial charge on any atom is 0.368 e. The first-order chi connectivity index (χ1) is 9.77. The van der Waals surface area contributed by atoms with Crippen molar-refractivity contribution in [1.29, 1.82) is 5.16 Å². The van der Waals surface area contributed by atoms with Crippen LogP contribution in [0.3, 0.4) is 0 Å². The maximum absolute atomic E-state index is 11.9. The molecule has 0 fully saturated rings. The topological polar surface area (TPSA) is 97.9 Å². The highest BCUT2D eigenvalue weighted by atomic mass is 32.2. The van der Waals surface area contributed by atoms with Crippen molar-refractivity contribution in [3.63, 3.8) is 0 Å². The zero-order chi connectivity index (χ0) is 15.6. The number of benzene rings is 1. The van der Waals surface area contributed by atoms with Gasteiger partial charge in [0.25, 0.3) is 0 Å². The molecule has 1 heterocycles. The van der Waals surface area contributed by atoms with Gasteiger partial charge < -0.3 is 9.29 Å². The Labute approximate surface area is 127 Å². The minimum Gasteiger partial charge on any atom is -0.591 e. The van der Waals surface area contributed by atoms with Crippen molar-refractivity contribution in [2.75, 3.05) is 0 Å². The van der Waals surface area contributed by atoms with E-state index in [1.807, 2.05) is 20.8 Å². The molecular formula is C13H16N3O3PS. The molecule has 21 heavy (non-hydrogen) atoms. The van der Waals surface area contributed by atoms with E-state index in [9.17, 15) is 9.35 Å². The summed E-state index contributed by atoms with van der Waals surface area (Å²) in [5.74, 6) is 0.177. The second-order valence-corrected chi connectivity index (χ2v) is 8.64. The van der Waals surface area contributed by atoms with Gasteiger partial charge in [0.2, 0.25) is 5.90 Å². The zero-order valence-corrected chi connectivity index (χ0v) is 13.7. The molecule has 1 N–H and O–H groups in total. The van der Waals surface area contributed by atoms with Gasteiger partial charge in [0.05, 0.1) is 6.21 Å². The molecule has 112 valence electrons. The highest BCUT2D eigenvalue weighted by Crippen LogP contribution is 2.34. The Morgan fingerprint density at radius 1 is 1.48 bits per heavy atom. The number of nitrogens with one attached hydrogen (secondary N) is 1. The number of rotatable bonds is 3. The fourth-order valence-corrected chi connectivity index (χ4v) is 2.64. The third-order valence-electron chi connectivity index (χ3n) is 2.55. The van der Waals surface area contributed by atoms with Crippen LogP contribution in [0.5, 0.6) is 0 Å². The fourth-order valence-electron chi connectivity index (χ4n) is 1.45. The lowest BCUT2D eigenvalue weighted by Gasteiger charge is -2.17. The van der Waals surface area contributed by atoms with E-state index in [-0.39, 0.29) is 5.90 Å². The van der Waals surface area contributed by atoms with E-state index in [0.717, 1.165) is 5.56 Å². The molecule has 1 unspecified atom stereocenters. The molecule has 0 saturated carbocycles. The Kier molecular flexibility index (Phi) is 4.66. The van der Waals surface area contributed by atoms with Gasteiger partial charge in [0.15, 0.2) is 7.86 Å². The molecule has 0 aliphatic carbocycles. The lowest BCUT2D eigenvalue weighted by molar-refractivity contribution is 0.225. The smallest absolute Gasteiger partial charge is 0.368 e. The molecule has 6 nitrogen and oxygen atoms in total. The van der Waals surface area contributed by atoms with Crippen LogP contribution in [0, 0.1) is 5.16 Å². The molecule has 0 saturated heterocycles. The Morgan fingerprint density at radius 3 is 2.76 bits per heavy atom. The van der Waals surface area contributed by atoms with Crippen molar-refractivity contribution in [3.8, 4) is 0 Å². The number of hydrogen-bond acceptors (Lipinski definition) is 5. The predicted octanol–water partition coefficient (Wildman–Crippen LogP) is 3.36. The lowest BCUT2D eigenvalue weighted by Crippen LogP contribution is -2.25. The van der Waals surface area contributed by atoms with Gasteiger partial charge in [-0.15, -0.1) is 0 Å². The van der Waals surface area contributed by atoms with Gasteiger partial charge in [0.1, 0.15) is 16.1 Å². The molecule has 1 aromatic rings. The fraction of sp³-hybridized carbons (Fsp3) is 0.308. The minimum atomic E-state index is -2.19. The molecule has 2 atom stereocenters. The SMILES string of the molecule is CC(C)(C)[S@+]([O-])/N=C/c1cccc(C2=N[PH](=N)C(=O)O2)c1. The van der Waals surface area contributed by atoms with Gasteiger partial charge >= 0.3 is 5.71 Å². The predicted molar refractivity (Wildman–Crippen MR) is 86.0 cm³/mol. The average molecular weight is 325 g/mol. The summed E-state index contributed by atoms with van der Waals surface area (Å²) >= 11 is -1.33. The van der Waals surface area contributed by atoms with Crippen LogP contribution in [0.1, 0.15) is 31.9 Å². The Morgan fingerprint density at radius 2 is 2.19 bits per heavy atom. The Bertz CT molecular complexity index is 652. The van der Waals surface area contributed by atoms with E-state index in [2.05, 4.69) is 9.16 Å². The maximum atomic E-state index is 11.9. The molecule has 0 bridgehead atoms. The number of cyclic esters (lactones) is 1. The molecule has 1 aliphatic rings. The third-order valence-corrected chi connectivity index (χ3v) is 4.81. The average Bonchev–Trinajstić information content (AvgIpc) is 2.75. The molecule has 0 aromatic heterocycles. The van der Waals surface area contributed by atoms with Crippen LogP contribution in [0.15, 0.2) is 33.4 Å². The number of carbonyl (C=O) groups excluding carboxylic acids is 1. The van der Waals surface area contributed by atoms with Crippen molar-refractivity contribution in [1.82, 2.24) is 0 Å². The van der Waals surface area contributed by atoms with E-state index in [0.29, 0.717) is 5.56 Å². The van der Waals surface area contributed by atoms with Gasteiger partial charge in [-0.3, -0.25) is 5.16 Å². The summed E-state index contributed by atoms with van der Waals surface area (Å²) in [5.41, 5.74) is 0.762. The highest BCUT2D eigenvalue weighted by Gasteiger charge is 2.26. The monoisotopic (exact) mass is 325 g/mol. The summed E-state index contributed by atoms with van der Waals surface area (Å²) < 4.78 is 24.4. The van der Waals surface area contributed by atoms with Gasteiger partial charge in [-0.25, -0.2) is 9.56 Å². The number of hydrogen-bond donors (Lipinski definition) is 1. The number of nitrogens with zero attached hydrogens (tertiary/aromatic N) is 2. The van der Waals surface area contributed by atoms with Crippen molar-refractivity contribution in [2.24, 2.45) is 9.16 Å². The van der Waals surface area contributed by atoms with Crippen LogP contribution >= 0.6 is 7.86 Å². The Balaban J connectivity index is 2.20. The largest absolute Gasteiger partial charge is 0.591 e. The van der Waals surface area contributed by atoms with Crippen LogP contribution < -0.4 is 0 Å². The van der Waals surface area contributed by atoms with Crippen molar-refractivity contribution in [3.05, 3.63) is 35.4 Å². The highest BCUT2D eigenvalue weighted by molar-refractivity contribution is 7.91. The van der Waals surface area contributed by atoms with Crippen LogP contribution in [-0.4, -0.2) is 27.1 Å². The molecule has 8 heteroatoms. The van der Waals surface area contributed by atoms with Gasteiger partial charge in [-0.05, 0) is 38.5 Å². The number of ether oxygens (including phenoxy) is 1. The van der Waals surface area contributed by atoms with E-state index in [1.165, 1.54) is 6.21 Å². The van der Waals surface area contributed by atoms with E-state index in [4.69, 9.17) is 9.90 Å². The molecular weight excluding hydrogens is 309 g/mol. The van der Waals surface area contributed by atoms with Crippen molar-refractivity contribution in [2.45, 2.75) is 25.5 Å². The van der Waals surface area contributed by atoms with Crippen LogP contribution in [-0.2, 0) is 16.1 Å². The summed E-state index contributed by atoms with van der Waals surface area (Å²) in [7, 11) is -2.19. The summed E-state index contributed by atoms with van der Waals surface area (Å²) in [6.45, 7) is 5.55. The second-order valence-electron chi connectivity index (χ2n) is 5.38. The zero-order valence-electron chi connectivity index (χ0n) is 11.9. The van der Waals surface area contributed by atoms with Gasteiger partial charge in [-0.2, -0.15) is 0 Å². The van der Waals surface area contributed by atoms with Crippen molar-refractivity contribution < 1.29 is 14.1 Å². The quantitative estimate of drug-likeness (QED) is 0.524. The van der Waals surface area contributed by atoms with Gasteiger partial charge in [0, 0.05) is 5.56 Å². The molecule has 1 aromatic carbocycles. The standard InChI is InChI=1S/C13H16N3O3PS/c1-13(2,3)21(18)15-8-9-5-4-6-10(7-9)11-16-20(14)12(17)19-11/h4-8,14,20H,1-3H3/b15-8+/t21-/m0/s1. The van der Waals surface area contributed by atoms with Gasteiger partial charge in [-0.1, -0.05) is 16.5 Å². The van der Waals surface area contributed by atoms with E-state index < -0.39 is 29.7 Å². The van der Waals surface area contributed by atoms with E-state index >= 15 is 0 Å². The van der Waals surface area contributed by atoms with Crippen molar-refractivity contribution >= 4 is 37.0 Å². The first-order valence-corrected chi connectivity index (χ1v) is 8.79. The first kappa shape index (κ1) is 15.9. The van der Waals surface area contributed by atoms with Crippen LogP contribution in [0.25, 0.3) is 0 Å². The first-order valence-electron chi connectivity index (χ1n) is 6.23. The summed E-state index contributed by atoms with van der Waals surface area (Å²) in [6.07, 6.45) is 1.52. The molecule has 0 amide bonds. The lowest BCUT2D eigenvalue weighted by atomic mass is 10.1. The second kappa shape index (κ2) is 6.13. The summed E-state index contributed by atoms with van der Waals surface area (Å²) in [6, 6.07) is 7.04. The summed E-state index contributed by atoms with van der Waals surface area (Å²) in [5, 5.41) is 7.45. The van der Waals surface area contributed by atoms with Crippen LogP contribution in [0.4, 0.5) is 4.79 Å². The molecule has 1 aliphatic heterocycles. The summed E-state index contributed by atoms with van der Waals surface area (Å²) in [4.78, 5) is 11.2. The molecule has 2 rings (SSSR count). The van der Waals surface area contributed by atoms with E-state index in [1.54, 1.807) is 24.3 Å². The minimum absolute atomic E-state index is 0.177. The Hall–Kier alpha value is -1.43. The number of carbonyl (C=O) groups is 1. The molecule has 0 spiro atoms.